The van der Waals surface area contributed by atoms with Crippen LogP contribution in [-0.4, -0.2) is 34.2 Å². The molecule has 4 rings (SSSR count). The van der Waals surface area contributed by atoms with Crippen molar-refractivity contribution >= 4 is 34.2 Å². The van der Waals surface area contributed by atoms with Gasteiger partial charge in [0.25, 0.3) is 0 Å². The predicted molar refractivity (Wildman–Crippen MR) is 103 cm³/mol. The Hall–Kier alpha value is -2.68. The lowest BCUT2D eigenvalue weighted by Gasteiger charge is -2.19. The van der Waals surface area contributed by atoms with Crippen molar-refractivity contribution in [2.24, 2.45) is 11.8 Å². The number of imide groups is 1. The van der Waals surface area contributed by atoms with Crippen LogP contribution in [0.1, 0.15) is 32.1 Å². The van der Waals surface area contributed by atoms with Gasteiger partial charge in [-0.2, -0.15) is 0 Å². The number of nitrogens with zero attached hydrogens (tertiary/aromatic N) is 2. The van der Waals surface area contributed by atoms with Gasteiger partial charge in [0.1, 0.15) is 0 Å². The average Bonchev–Trinajstić information content (AvgIpc) is 3.26. The van der Waals surface area contributed by atoms with E-state index in [-0.39, 0.29) is 42.5 Å². The van der Waals surface area contributed by atoms with Gasteiger partial charge in [0, 0.05) is 23.9 Å². The number of anilines is 1. The highest BCUT2D eigenvalue weighted by molar-refractivity contribution is 7.14. The Morgan fingerprint density at radius 1 is 1.14 bits per heavy atom. The van der Waals surface area contributed by atoms with E-state index in [1.165, 1.54) is 11.0 Å². The number of hydrogen-bond donors (Lipinski definition) is 1. The van der Waals surface area contributed by atoms with Gasteiger partial charge >= 0.3 is 0 Å². The Bertz CT molecular complexity index is 954. The van der Waals surface area contributed by atoms with Gasteiger partial charge in [-0.3, -0.25) is 19.3 Å². The van der Waals surface area contributed by atoms with Crippen LogP contribution in [-0.2, 0) is 14.4 Å². The summed E-state index contributed by atoms with van der Waals surface area (Å²) in [4.78, 5) is 42.5. The summed E-state index contributed by atoms with van der Waals surface area (Å²) in [5.41, 5.74) is 0.815. The largest absolute Gasteiger partial charge is 0.302 e. The Kier molecular flexibility index (Phi) is 5.40. The van der Waals surface area contributed by atoms with Gasteiger partial charge < -0.3 is 5.32 Å². The van der Waals surface area contributed by atoms with E-state index >= 15 is 0 Å². The number of thiazole rings is 1. The normalized spacial score (nSPS) is 21.4. The van der Waals surface area contributed by atoms with Crippen LogP contribution in [0, 0.1) is 23.5 Å². The monoisotopic (exact) mass is 419 g/mol. The highest BCUT2D eigenvalue weighted by Gasteiger charge is 2.47. The fraction of sp³-hybridized carbons (Fsp3) is 0.400. The van der Waals surface area contributed by atoms with Gasteiger partial charge in [0.15, 0.2) is 16.8 Å². The Morgan fingerprint density at radius 3 is 2.48 bits per heavy atom. The van der Waals surface area contributed by atoms with Crippen molar-refractivity contribution in [3.05, 3.63) is 35.2 Å². The number of carbonyl (C=O) groups excluding carboxylic acids is 3. The zero-order chi connectivity index (χ0) is 20.5. The van der Waals surface area contributed by atoms with Crippen LogP contribution < -0.4 is 5.32 Å². The molecule has 0 unspecified atom stereocenters. The van der Waals surface area contributed by atoms with E-state index in [4.69, 9.17) is 0 Å². The van der Waals surface area contributed by atoms with Gasteiger partial charge in [-0.15, -0.1) is 11.3 Å². The molecule has 1 aromatic carbocycles. The number of rotatable bonds is 5. The molecule has 152 valence electrons. The molecule has 2 aliphatic rings. The highest BCUT2D eigenvalue weighted by atomic mass is 32.1. The van der Waals surface area contributed by atoms with Gasteiger partial charge in [0.2, 0.25) is 17.7 Å². The molecule has 0 bridgehead atoms. The topological polar surface area (TPSA) is 79.4 Å². The van der Waals surface area contributed by atoms with Gasteiger partial charge in [-0.1, -0.05) is 12.8 Å². The molecule has 1 aliphatic carbocycles. The first-order chi connectivity index (χ1) is 13.9. The van der Waals surface area contributed by atoms with E-state index in [0.29, 0.717) is 16.4 Å². The first kappa shape index (κ1) is 19.6. The summed E-state index contributed by atoms with van der Waals surface area (Å²) in [6, 6.07) is 3.47. The van der Waals surface area contributed by atoms with Crippen molar-refractivity contribution in [2.45, 2.75) is 32.1 Å². The van der Waals surface area contributed by atoms with E-state index in [9.17, 15) is 23.2 Å². The number of halogens is 2. The molecule has 2 aromatic rings. The van der Waals surface area contributed by atoms with E-state index < -0.39 is 11.6 Å². The summed E-state index contributed by atoms with van der Waals surface area (Å²) in [6.45, 7) is 0.0535. The van der Waals surface area contributed by atoms with Crippen LogP contribution in [0.5, 0.6) is 0 Å². The second-order valence-electron chi connectivity index (χ2n) is 7.29. The summed E-state index contributed by atoms with van der Waals surface area (Å²) in [5, 5.41) is 4.56. The van der Waals surface area contributed by atoms with E-state index in [1.807, 2.05) is 0 Å². The molecule has 2 fully saturated rings. The minimum absolute atomic E-state index is 0.0169. The number of carbonyl (C=O) groups is 3. The summed E-state index contributed by atoms with van der Waals surface area (Å²) in [6.07, 6.45) is 3.38. The van der Waals surface area contributed by atoms with Crippen LogP contribution in [0.3, 0.4) is 0 Å². The number of amides is 3. The standard InChI is InChI=1S/C20H19F2N3O3S/c21-14-6-5-11(9-15(14)22)16-10-29-20(23-16)24-17(26)7-8-25-18(27)12-3-1-2-4-13(12)19(25)28/h5-6,9-10,12-13H,1-4,7-8H2,(H,23,24,26)/t12-,13+. The quantitative estimate of drug-likeness (QED) is 0.752. The van der Waals surface area contributed by atoms with Crippen LogP contribution in [0.15, 0.2) is 23.6 Å². The lowest BCUT2D eigenvalue weighted by Crippen LogP contribution is -2.34. The average molecular weight is 419 g/mol. The van der Waals surface area contributed by atoms with Crippen LogP contribution >= 0.6 is 11.3 Å². The molecule has 0 radical (unpaired) electrons. The third-order valence-electron chi connectivity index (χ3n) is 5.46. The maximum Gasteiger partial charge on any atom is 0.233 e. The highest BCUT2D eigenvalue weighted by Crippen LogP contribution is 2.38. The molecule has 1 saturated heterocycles. The van der Waals surface area contributed by atoms with Crippen LogP contribution in [0.25, 0.3) is 11.3 Å². The maximum absolute atomic E-state index is 13.4. The number of likely N-dealkylation sites (tertiary alicyclic amines) is 1. The molecule has 9 heteroatoms. The molecule has 6 nitrogen and oxygen atoms in total. The number of nitrogens with one attached hydrogen (secondary N) is 1. The Balaban J connectivity index is 1.34. The molecule has 29 heavy (non-hydrogen) atoms. The molecule has 0 spiro atoms. The number of aromatic nitrogens is 1. The molecule has 2 heterocycles. The van der Waals surface area contributed by atoms with Gasteiger partial charge in [0.05, 0.1) is 17.5 Å². The Morgan fingerprint density at radius 2 is 1.83 bits per heavy atom. The first-order valence-electron chi connectivity index (χ1n) is 9.50. The maximum atomic E-state index is 13.4. The van der Waals surface area contributed by atoms with E-state index in [2.05, 4.69) is 10.3 Å². The lowest BCUT2D eigenvalue weighted by atomic mass is 9.81. The van der Waals surface area contributed by atoms with Crippen molar-refractivity contribution in [3.63, 3.8) is 0 Å². The number of fused-ring (bicyclic) bond motifs is 1. The van der Waals surface area contributed by atoms with Gasteiger partial charge in [-0.25, -0.2) is 13.8 Å². The minimum Gasteiger partial charge on any atom is -0.302 e. The third kappa shape index (κ3) is 3.91. The second kappa shape index (κ2) is 7.98. The van der Waals surface area contributed by atoms with Crippen molar-refractivity contribution in [1.29, 1.82) is 0 Å². The summed E-state index contributed by atoms with van der Waals surface area (Å²) in [7, 11) is 0. The van der Waals surface area contributed by atoms with E-state index in [1.54, 1.807) is 5.38 Å². The smallest absolute Gasteiger partial charge is 0.233 e. The summed E-state index contributed by atoms with van der Waals surface area (Å²) >= 11 is 1.15. The minimum atomic E-state index is -0.971. The SMILES string of the molecule is O=C(CCN1C(=O)[C@H]2CCCC[C@H]2C1=O)Nc1nc(-c2ccc(F)c(F)c2)cs1. The molecule has 3 amide bonds. The fourth-order valence-electron chi connectivity index (χ4n) is 3.97. The van der Waals surface area contributed by atoms with Crippen LogP contribution in [0.2, 0.25) is 0 Å². The Labute approximate surface area is 169 Å². The number of benzene rings is 1. The first-order valence-corrected chi connectivity index (χ1v) is 10.4. The van der Waals surface area contributed by atoms with Crippen molar-refractivity contribution < 1.29 is 23.2 Å². The molecule has 1 aliphatic heterocycles. The van der Waals surface area contributed by atoms with Crippen molar-refractivity contribution in [1.82, 2.24) is 9.88 Å². The molecular formula is C20H19F2N3O3S. The zero-order valence-corrected chi connectivity index (χ0v) is 16.3. The molecule has 1 N–H and O–H groups in total. The third-order valence-corrected chi connectivity index (χ3v) is 6.22. The molecule has 2 atom stereocenters. The lowest BCUT2D eigenvalue weighted by molar-refractivity contribution is -0.140. The molecule has 1 aromatic heterocycles. The van der Waals surface area contributed by atoms with Crippen LogP contribution in [0.4, 0.5) is 13.9 Å². The van der Waals surface area contributed by atoms with Gasteiger partial charge in [-0.05, 0) is 31.0 Å². The van der Waals surface area contributed by atoms with Crippen molar-refractivity contribution in [2.75, 3.05) is 11.9 Å². The van der Waals surface area contributed by atoms with E-state index in [0.717, 1.165) is 49.2 Å². The molecular weight excluding hydrogens is 400 g/mol. The van der Waals surface area contributed by atoms with Crippen molar-refractivity contribution in [3.8, 4) is 11.3 Å². The number of hydrogen-bond acceptors (Lipinski definition) is 5. The predicted octanol–water partition coefficient (Wildman–Crippen LogP) is 3.59. The summed E-state index contributed by atoms with van der Waals surface area (Å²) in [5.74, 6) is -3.06. The fourth-order valence-corrected chi connectivity index (χ4v) is 4.70. The molecule has 1 saturated carbocycles. The second-order valence-corrected chi connectivity index (χ2v) is 8.15. The summed E-state index contributed by atoms with van der Waals surface area (Å²) < 4.78 is 26.4. The zero-order valence-electron chi connectivity index (χ0n) is 15.5.